The van der Waals surface area contributed by atoms with Gasteiger partial charge in [0.15, 0.2) is 14.1 Å². The van der Waals surface area contributed by atoms with Crippen molar-refractivity contribution in [2.75, 3.05) is 7.11 Å². The van der Waals surface area contributed by atoms with Gasteiger partial charge in [-0.2, -0.15) is 0 Å². The zero-order valence-corrected chi connectivity index (χ0v) is 20.9. The van der Waals surface area contributed by atoms with Crippen LogP contribution < -0.4 is 10.2 Å². The fraction of sp³-hybridized carbons (Fsp3) is 0.667. The van der Waals surface area contributed by atoms with E-state index in [0.717, 1.165) is 0 Å². The highest BCUT2D eigenvalue weighted by Gasteiger charge is 2.56. The molecule has 2 rings (SSSR count). The molecule has 1 aliphatic heterocycles. The smallest absolute Gasteiger partial charge is 0.237 e. The standard InChI is InChI=1S/C21H34BrNO4Si/c1-10-11-21(25)13-23-12-14(22)16(24)17(26-7)15(23)18(20(21,5)6)27-28(8,9)19(2,3)4/h10,12,18,25H,1,11,13H2,2-9H3. The predicted octanol–water partition coefficient (Wildman–Crippen LogP) is 5.03. The Balaban J connectivity index is 2.82. The highest BCUT2D eigenvalue weighted by molar-refractivity contribution is 9.10. The summed E-state index contributed by atoms with van der Waals surface area (Å²) in [6.45, 7) is 19.1. The first-order chi connectivity index (χ1) is 12.6. The van der Waals surface area contributed by atoms with Crippen molar-refractivity contribution >= 4 is 24.2 Å². The fourth-order valence-corrected chi connectivity index (χ4v) is 5.31. The first-order valence-corrected chi connectivity index (χ1v) is 13.3. The fourth-order valence-electron chi connectivity index (χ4n) is 3.53. The van der Waals surface area contributed by atoms with Crippen LogP contribution in [0.2, 0.25) is 18.1 Å². The molecule has 1 aliphatic rings. The monoisotopic (exact) mass is 471 g/mol. The highest BCUT2D eigenvalue weighted by atomic mass is 79.9. The van der Waals surface area contributed by atoms with E-state index in [1.807, 2.05) is 18.4 Å². The van der Waals surface area contributed by atoms with Gasteiger partial charge in [-0.05, 0) is 40.5 Å². The molecule has 0 fully saturated rings. The molecule has 1 aromatic rings. The second-order valence-corrected chi connectivity index (χ2v) is 15.5. The summed E-state index contributed by atoms with van der Waals surface area (Å²) in [5, 5.41) is 11.6. The minimum absolute atomic E-state index is 0.0230. The minimum Gasteiger partial charge on any atom is -0.491 e. The third-order valence-corrected chi connectivity index (χ3v) is 11.7. The summed E-state index contributed by atoms with van der Waals surface area (Å²) >= 11 is 3.34. The van der Waals surface area contributed by atoms with Gasteiger partial charge in [-0.1, -0.05) is 40.7 Å². The van der Waals surface area contributed by atoms with Crippen molar-refractivity contribution in [2.24, 2.45) is 5.41 Å². The lowest BCUT2D eigenvalue weighted by atomic mass is 9.66. The lowest BCUT2D eigenvalue weighted by molar-refractivity contribution is -0.149. The van der Waals surface area contributed by atoms with E-state index in [2.05, 4.69) is 56.4 Å². The molecule has 0 saturated carbocycles. The van der Waals surface area contributed by atoms with Crippen molar-refractivity contribution in [1.29, 1.82) is 0 Å². The molecule has 0 bridgehead atoms. The Morgan fingerprint density at radius 3 is 2.46 bits per heavy atom. The number of rotatable bonds is 5. The molecule has 0 aromatic carbocycles. The molecule has 2 atom stereocenters. The number of fused-ring (bicyclic) bond motifs is 1. The Labute approximate surface area is 178 Å². The molecule has 5 nitrogen and oxygen atoms in total. The van der Waals surface area contributed by atoms with Crippen molar-refractivity contribution in [3.63, 3.8) is 0 Å². The second-order valence-electron chi connectivity index (χ2n) is 9.86. The summed E-state index contributed by atoms with van der Waals surface area (Å²) in [7, 11) is -0.716. The van der Waals surface area contributed by atoms with E-state index >= 15 is 0 Å². The molecule has 1 aromatic heterocycles. The molecule has 2 unspecified atom stereocenters. The van der Waals surface area contributed by atoms with Gasteiger partial charge in [0.05, 0.1) is 35.5 Å². The first-order valence-electron chi connectivity index (χ1n) is 9.61. The summed E-state index contributed by atoms with van der Waals surface area (Å²) < 4.78 is 14.7. The van der Waals surface area contributed by atoms with Crippen LogP contribution in [0.15, 0.2) is 28.1 Å². The topological polar surface area (TPSA) is 60.7 Å². The number of nitrogens with zero attached hydrogens (tertiary/aromatic N) is 1. The zero-order chi connectivity index (χ0) is 21.7. The van der Waals surface area contributed by atoms with Crippen molar-refractivity contribution < 1.29 is 14.3 Å². The van der Waals surface area contributed by atoms with Gasteiger partial charge in [0.1, 0.15) is 0 Å². The van der Waals surface area contributed by atoms with Crippen molar-refractivity contribution in [3.05, 3.63) is 39.2 Å². The van der Waals surface area contributed by atoms with Crippen LogP contribution in [0.1, 0.15) is 52.8 Å². The van der Waals surface area contributed by atoms with E-state index in [4.69, 9.17) is 9.16 Å². The van der Waals surface area contributed by atoms with Gasteiger partial charge in [-0.3, -0.25) is 4.79 Å². The summed E-state index contributed by atoms with van der Waals surface area (Å²) in [4.78, 5) is 12.8. The van der Waals surface area contributed by atoms with Crippen molar-refractivity contribution in [2.45, 2.75) is 77.4 Å². The minimum atomic E-state index is -2.22. The van der Waals surface area contributed by atoms with Crippen LogP contribution >= 0.6 is 15.9 Å². The van der Waals surface area contributed by atoms with E-state index in [1.165, 1.54) is 7.11 Å². The molecular formula is C21H34BrNO4Si. The van der Waals surface area contributed by atoms with Crippen LogP contribution in [-0.2, 0) is 11.0 Å². The number of methoxy groups -OCH3 is 1. The Morgan fingerprint density at radius 2 is 2.00 bits per heavy atom. The number of ether oxygens (including phenoxy) is 1. The second kappa shape index (κ2) is 7.42. The van der Waals surface area contributed by atoms with Gasteiger partial charge < -0.3 is 18.8 Å². The van der Waals surface area contributed by atoms with Gasteiger partial charge in [0.2, 0.25) is 5.43 Å². The summed E-state index contributed by atoms with van der Waals surface area (Å²) in [6, 6.07) is 0. The van der Waals surface area contributed by atoms with Gasteiger partial charge >= 0.3 is 0 Å². The molecular weight excluding hydrogens is 438 g/mol. The quantitative estimate of drug-likeness (QED) is 0.483. The largest absolute Gasteiger partial charge is 0.491 e. The number of halogens is 1. The van der Waals surface area contributed by atoms with E-state index in [9.17, 15) is 9.90 Å². The summed E-state index contributed by atoms with van der Waals surface area (Å²) in [5.41, 5.74) is -1.25. The van der Waals surface area contributed by atoms with E-state index < -0.39 is 25.4 Å². The van der Waals surface area contributed by atoms with Crippen molar-refractivity contribution in [3.8, 4) is 5.75 Å². The molecule has 0 saturated heterocycles. The number of aliphatic hydroxyl groups is 1. The maximum absolute atomic E-state index is 12.8. The number of hydrogen-bond donors (Lipinski definition) is 1. The average Bonchev–Trinajstić information content (AvgIpc) is 2.53. The number of aromatic nitrogens is 1. The van der Waals surface area contributed by atoms with E-state index in [0.29, 0.717) is 23.1 Å². The lowest BCUT2D eigenvalue weighted by Crippen LogP contribution is -2.58. The molecule has 0 spiro atoms. The average molecular weight is 472 g/mol. The van der Waals surface area contributed by atoms with Crippen molar-refractivity contribution in [1.82, 2.24) is 4.57 Å². The summed E-state index contributed by atoms with van der Waals surface area (Å²) in [5.74, 6) is 0.270. The maximum atomic E-state index is 12.8. The third-order valence-electron chi connectivity index (χ3n) is 6.67. The van der Waals surface area contributed by atoms with Crippen LogP contribution in [0.5, 0.6) is 5.75 Å². The normalized spacial score (nSPS) is 24.6. The molecule has 2 heterocycles. The van der Waals surface area contributed by atoms with Crippen LogP contribution in [0.25, 0.3) is 0 Å². The number of hydrogen-bond acceptors (Lipinski definition) is 4. The van der Waals surface area contributed by atoms with Gasteiger partial charge in [0.25, 0.3) is 0 Å². The van der Waals surface area contributed by atoms with Crippen LogP contribution in [-0.4, -0.2) is 30.7 Å². The van der Waals surface area contributed by atoms with E-state index in [-0.39, 0.29) is 16.2 Å². The van der Waals surface area contributed by atoms with Crippen LogP contribution in [0.4, 0.5) is 0 Å². The van der Waals surface area contributed by atoms with E-state index in [1.54, 1.807) is 12.3 Å². The van der Waals surface area contributed by atoms with Gasteiger partial charge in [-0.25, -0.2) is 0 Å². The molecule has 0 radical (unpaired) electrons. The summed E-state index contributed by atoms with van der Waals surface area (Å²) in [6.07, 6.45) is 3.39. The van der Waals surface area contributed by atoms with Crippen LogP contribution in [0.3, 0.4) is 0 Å². The Kier molecular flexibility index (Phi) is 6.19. The molecule has 0 amide bonds. The highest BCUT2D eigenvalue weighted by Crippen LogP contribution is 2.55. The molecule has 7 heteroatoms. The third kappa shape index (κ3) is 3.66. The van der Waals surface area contributed by atoms with Gasteiger partial charge in [0, 0.05) is 11.6 Å². The zero-order valence-electron chi connectivity index (χ0n) is 18.4. The van der Waals surface area contributed by atoms with Gasteiger partial charge in [-0.15, -0.1) is 6.58 Å². The maximum Gasteiger partial charge on any atom is 0.237 e. The number of pyridine rings is 1. The Bertz CT molecular complexity index is 825. The van der Waals surface area contributed by atoms with Crippen LogP contribution in [0, 0.1) is 5.41 Å². The molecule has 28 heavy (non-hydrogen) atoms. The first kappa shape index (κ1) is 23.4. The molecule has 1 N–H and O–H groups in total. The Morgan fingerprint density at radius 1 is 1.43 bits per heavy atom. The molecule has 158 valence electrons. The lowest BCUT2D eigenvalue weighted by Gasteiger charge is -2.54. The molecule has 0 aliphatic carbocycles. The SMILES string of the molecule is C=CCC1(O)Cn2cc(Br)c(=O)c(OC)c2C(O[Si](C)(C)C(C)(C)C)C1(C)C. The Hall–Kier alpha value is -0.893. The predicted molar refractivity (Wildman–Crippen MR) is 120 cm³/mol.